The number of aliphatic carboxylic acids is 1. The summed E-state index contributed by atoms with van der Waals surface area (Å²) in [6.07, 6.45) is 2.86. The first-order valence-corrected chi connectivity index (χ1v) is 10.7. The summed E-state index contributed by atoms with van der Waals surface area (Å²) < 4.78 is 5.58. The van der Waals surface area contributed by atoms with Crippen molar-refractivity contribution in [1.82, 2.24) is 16.1 Å². The molecule has 0 aliphatic carbocycles. The van der Waals surface area contributed by atoms with Gasteiger partial charge in [-0.15, -0.1) is 0 Å². The van der Waals surface area contributed by atoms with Gasteiger partial charge >= 0.3 is 5.97 Å². The zero-order valence-electron chi connectivity index (χ0n) is 18.4. The maximum absolute atomic E-state index is 12.4. The van der Waals surface area contributed by atoms with Crippen LogP contribution in [-0.2, 0) is 20.8 Å². The number of carbonyl (C=O) groups excluding carboxylic acids is 3. The Kier molecular flexibility index (Phi) is 10.1. The summed E-state index contributed by atoms with van der Waals surface area (Å²) in [5.74, 6) is -2.72. The summed E-state index contributed by atoms with van der Waals surface area (Å²) in [5, 5.41) is 22.8. The molecule has 3 amide bonds. The van der Waals surface area contributed by atoms with E-state index in [1.165, 1.54) is 11.5 Å². The van der Waals surface area contributed by atoms with E-state index in [1.54, 1.807) is 30.3 Å². The van der Waals surface area contributed by atoms with Crippen LogP contribution in [0.3, 0.4) is 0 Å². The molecule has 178 valence electrons. The average Bonchev–Trinajstić information content (AvgIpc) is 3.28. The lowest BCUT2D eigenvalue weighted by Gasteiger charge is -2.16. The fourth-order valence-electron chi connectivity index (χ4n) is 3.30. The Morgan fingerprint density at radius 2 is 1.85 bits per heavy atom. The van der Waals surface area contributed by atoms with Gasteiger partial charge in [0.2, 0.25) is 11.8 Å². The van der Waals surface area contributed by atoms with E-state index in [0.717, 1.165) is 19.3 Å². The lowest BCUT2D eigenvalue weighted by Crippen LogP contribution is -2.41. The third kappa shape index (κ3) is 8.41. The van der Waals surface area contributed by atoms with Crippen molar-refractivity contribution in [3.63, 3.8) is 0 Å². The molecule has 0 bridgehead atoms. The van der Waals surface area contributed by atoms with Gasteiger partial charge in [-0.3, -0.25) is 24.4 Å². The molecule has 2 rings (SSSR count). The molecule has 0 fully saturated rings. The summed E-state index contributed by atoms with van der Waals surface area (Å²) >= 11 is 0. The zero-order valence-corrected chi connectivity index (χ0v) is 18.4. The Hall–Kier alpha value is -3.66. The molecular weight excluding hydrogens is 430 g/mol. The molecule has 0 unspecified atom stereocenters. The molecule has 0 radical (unpaired) electrons. The van der Waals surface area contributed by atoms with Crippen molar-refractivity contribution in [1.29, 1.82) is 0 Å². The van der Waals surface area contributed by atoms with Crippen LogP contribution in [0.15, 0.2) is 40.8 Å². The van der Waals surface area contributed by atoms with E-state index in [0.29, 0.717) is 23.3 Å². The van der Waals surface area contributed by atoms with Crippen molar-refractivity contribution >= 4 is 23.7 Å². The van der Waals surface area contributed by atoms with E-state index < -0.39 is 29.6 Å². The Labute approximate surface area is 191 Å². The molecule has 0 saturated heterocycles. The summed E-state index contributed by atoms with van der Waals surface area (Å²) in [5.41, 5.74) is 2.78. The number of hydrogen-bond acceptors (Lipinski definition) is 6. The molecular formula is C23H29N3O7. The quantitative estimate of drug-likeness (QED) is 0.133. The second kappa shape index (κ2) is 13.0. The van der Waals surface area contributed by atoms with Crippen molar-refractivity contribution in [3.05, 3.63) is 47.7 Å². The Bertz CT molecular complexity index is 970. The van der Waals surface area contributed by atoms with Crippen LogP contribution in [0.2, 0.25) is 0 Å². The van der Waals surface area contributed by atoms with E-state index in [1.807, 2.05) is 6.92 Å². The molecule has 2 aromatic rings. The molecule has 1 atom stereocenters. The highest BCUT2D eigenvalue weighted by Gasteiger charge is 2.21. The number of furan rings is 1. The normalized spacial score (nSPS) is 11.5. The van der Waals surface area contributed by atoms with Gasteiger partial charge in [-0.25, -0.2) is 5.48 Å². The number of carboxylic acid groups (broad SMARTS) is 1. The number of unbranched alkanes of at least 4 members (excludes halogenated alkanes) is 2. The van der Waals surface area contributed by atoms with Crippen LogP contribution >= 0.6 is 0 Å². The highest BCUT2D eigenvalue weighted by atomic mass is 16.5. The van der Waals surface area contributed by atoms with Crippen LogP contribution in [0, 0.1) is 5.92 Å². The monoisotopic (exact) mass is 459 g/mol. The first-order chi connectivity index (χ1) is 15.8. The first-order valence-electron chi connectivity index (χ1n) is 10.7. The predicted molar refractivity (Wildman–Crippen MR) is 118 cm³/mol. The van der Waals surface area contributed by atoms with Crippen LogP contribution in [-0.4, -0.2) is 40.7 Å². The van der Waals surface area contributed by atoms with Crippen LogP contribution < -0.4 is 16.1 Å². The second-order valence-electron chi connectivity index (χ2n) is 7.59. The van der Waals surface area contributed by atoms with Gasteiger partial charge in [0, 0.05) is 17.9 Å². The van der Waals surface area contributed by atoms with Crippen molar-refractivity contribution in [2.75, 3.05) is 6.67 Å². The van der Waals surface area contributed by atoms with Gasteiger partial charge in [-0.2, -0.15) is 0 Å². The third-order valence-corrected chi connectivity index (χ3v) is 4.99. The summed E-state index contributed by atoms with van der Waals surface area (Å²) in [6.45, 7) is 1.87. The minimum atomic E-state index is -0.946. The second-order valence-corrected chi connectivity index (χ2v) is 7.59. The fourth-order valence-corrected chi connectivity index (χ4v) is 3.30. The van der Waals surface area contributed by atoms with Crippen LogP contribution in [0.5, 0.6) is 0 Å². The van der Waals surface area contributed by atoms with Crippen molar-refractivity contribution in [2.24, 2.45) is 5.92 Å². The zero-order chi connectivity index (χ0) is 24.2. The maximum atomic E-state index is 12.4. The number of rotatable bonds is 13. The molecule has 1 heterocycles. The van der Waals surface area contributed by atoms with Gasteiger partial charge in [0.1, 0.15) is 5.76 Å². The van der Waals surface area contributed by atoms with Crippen LogP contribution in [0.1, 0.15) is 55.1 Å². The van der Waals surface area contributed by atoms with Gasteiger partial charge in [0.15, 0.2) is 5.76 Å². The van der Waals surface area contributed by atoms with Crippen molar-refractivity contribution < 1.29 is 33.9 Å². The summed E-state index contributed by atoms with van der Waals surface area (Å²) in [4.78, 5) is 47.1. The van der Waals surface area contributed by atoms with E-state index in [2.05, 4.69) is 10.6 Å². The maximum Gasteiger partial charge on any atom is 0.307 e. The molecule has 5 N–H and O–H groups in total. The Balaban J connectivity index is 1.91. The molecule has 10 heteroatoms. The summed E-state index contributed by atoms with van der Waals surface area (Å²) in [6, 6.07) is 9.90. The van der Waals surface area contributed by atoms with Crippen LogP contribution in [0.4, 0.5) is 0 Å². The fraction of sp³-hybridized carbons (Fsp3) is 0.391. The first kappa shape index (κ1) is 25.6. The van der Waals surface area contributed by atoms with Gasteiger partial charge in [0.25, 0.3) is 5.91 Å². The number of benzene rings is 1. The number of carboxylic acids is 1. The number of carbonyl (C=O) groups is 4. The molecule has 1 aromatic carbocycles. The lowest BCUT2D eigenvalue weighted by molar-refractivity contribution is -0.136. The molecule has 33 heavy (non-hydrogen) atoms. The minimum Gasteiger partial charge on any atom is -0.481 e. The van der Waals surface area contributed by atoms with Crippen LogP contribution in [0.25, 0.3) is 11.3 Å². The number of nitrogens with one attached hydrogen (secondary N) is 3. The smallest absolute Gasteiger partial charge is 0.307 e. The van der Waals surface area contributed by atoms with Gasteiger partial charge in [-0.1, -0.05) is 44.4 Å². The molecule has 0 spiro atoms. The molecule has 1 aromatic heterocycles. The summed E-state index contributed by atoms with van der Waals surface area (Å²) in [7, 11) is 0. The van der Waals surface area contributed by atoms with E-state index >= 15 is 0 Å². The number of amides is 3. The van der Waals surface area contributed by atoms with Gasteiger partial charge in [-0.05, 0) is 30.2 Å². The van der Waals surface area contributed by atoms with Crippen molar-refractivity contribution in [3.8, 4) is 11.3 Å². The standard InChI is InChI=1S/C23H29N3O7/c1-2-3-4-7-17(13-20(27)26-32)22(30)24-14-25-23(31)19-10-9-18(33-19)16-8-5-6-15(11-16)12-21(28)29/h5-6,8-11,17,32H,2-4,7,12-14H2,1H3,(H,24,30)(H,25,31)(H,26,27)(H,28,29)/t17-/m1/s1. The van der Waals surface area contributed by atoms with E-state index in [4.69, 9.17) is 14.7 Å². The molecule has 10 nitrogen and oxygen atoms in total. The molecule has 0 saturated carbocycles. The van der Waals surface area contributed by atoms with E-state index in [-0.39, 0.29) is 25.3 Å². The van der Waals surface area contributed by atoms with Gasteiger partial charge in [0.05, 0.1) is 13.1 Å². The number of hydrogen-bond donors (Lipinski definition) is 5. The predicted octanol–water partition coefficient (Wildman–Crippen LogP) is 2.47. The highest BCUT2D eigenvalue weighted by molar-refractivity contribution is 5.92. The highest BCUT2D eigenvalue weighted by Crippen LogP contribution is 2.23. The number of hydroxylamine groups is 1. The average molecular weight is 459 g/mol. The van der Waals surface area contributed by atoms with E-state index in [9.17, 15) is 19.2 Å². The molecule has 0 aliphatic heterocycles. The Morgan fingerprint density at radius 1 is 1.06 bits per heavy atom. The van der Waals surface area contributed by atoms with Crippen molar-refractivity contribution in [2.45, 2.75) is 45.4 Å². The SMILES string of the molecule is CCCCC[C@H](CC(=O)NO)C(=O)NCNC(=O)c1ccc(-c2cccc(CC(=O)O)c2)o1. The van der Waals surface area contributed by atoms with Gasteiger partial charge < -0.3 is 20.2 Å². The molecule has 0 aliphatic rings. The minimum absolute atomic E-state index is 0.0297. The topological polar surface area (TPSA) is 158 Å². The third-order valence-electron chi connectivity index (χ3n) is 4.99. The largest absolute Gasteiger partial charge is 0.481 e. The lowest BCUT2D eigenvalue weighted by atomic mass is 9.96. The Morgan fingerprint density at radius 3 is 2.55 bits per heavy atom.